The highest BCUT2D eigenvalue weighted by atomic mass is 16.3. The maximum atomic E-state index is 10.7. The molecule has 0 amide bonds. The molecule has 0 heterocycles. The Bertz CT molecular complexity index is 508. The van der Waals surface area contributed by atoms with Crippen LogP contribution in [0.3, 0.4) is 0 Å². The molecule has 4 saturated carbocycles. The van der Waals surface area contributed by atoms with Crippen molar-refractivity contribution in [1.29, 1.82) is 0 Å². The summed E-state index contributed by atoms with van der Waals surface area (Å²) >= 11 is 0. The monoisotopic (exact) mass is 316 g/mol. The Hall–Kier alpha value is -0.520. The summed E-state index contributed by atoms with van der Waals surface area (Å²) in [7, 11) is 0. The average Bonchev–Trinajstić information content (AvgIpc) is 2.86. The van der Waals surface area contributed by atoms with E-state index in [-0.39, 0.29) is 17.6 Å². The van der Waals surface area contributed by atoms with Crippen molar-refractivity contribution in [2.24, 2.45) is 34.5 Å². The highest BCUT2D eigenvalue weighted by Gasteiger charge is 2.61. The molecule has 0 aromatic carbocycles. The second kappa shape index (κ2) is 5.50. The van der Waals surface area contributed by atoms with Gasteiger partial charge >= 0.3 is 0 Å². The van der Waals surface area contributed by atoms with Gasteiger partial charge in [0.15, 0.2) is 0 Å². The summed E-state index contributed by atoms with van der Waals surface area (Å²) in [5.41, 5.74) is 0.436. The SMILES string of the molecule is C#CC[C@]12CC[C@H]3[C@@H](CC[C@H]4C[C@H](O)CC[C@@]43C)[C@@H]1CC[C@@H]2O. The minimum absolute atomic E-state index is 0.0211. The van der Waals surface area contributed by atoms with Crippen LogP contribution < -0.4 is 0 Å². The Balaban J connectivity index is 1.63. The summed E-state index contributed by atoms with van der Waals surface area (Å²) in [6.45, 7) is 2.51. The molecule has 0 aromatic rings. The Kier molecular flexibility index (Phi) is 3.82. The molecule has 2 N–H and O–H groups in total. The van der Waals surface area contributed by atoms with Gasteiger partial charge in [-0.1, -0.05) is 6.92 Å². The highest BCUT2D eigenvalue weighted by Crippen LogP contribution is 2.67. The number of hydrogen-bond acceptors (Lipinski definition) is 2. The Morgan fingerprint density at radius 2 is 1.83 bits per heavy atom. The van der Waals surface area contributed by atoms with Gasteiger partial charge in [0.05, 0.1) is 12.2 Å². The second-order valence-electron chi connectivity index (χ2n) is 9.33. The molecule has 23 heavy (non-hydrogen) atoms. The summed E-state index contributed by atoms with van der Waals surface area (Å²) in [5.74, 6) is 5.79. The summed E-state index contributed by atoms with van der Waals surface area (Å²) < 4.78 is 0. The zero-order valence-corrected chi connectivity index (χ0v) is 14.5. The lowest BCUT2D eigenvalue weighted by Gasteiger charge is -2.61. The highest BCUT2D eigenvalue weighted by molar-refractivity contribution is 5.13. The van der Waals surface area contributed by atoms with E-state index < -0.39 is 0 Å². The van der Waals surface area contributed by atoms with E-state index in [1.165, 1.54) is 32.1 Å². The van der Waals surface area contributed by atoms with Crippen LogP contribution in [0.1, 0.15) is 71.1 Å². The Morgan fingerprint density at radius 3 is 2.61 bits per heavy atom. The molecular formula is C21H32O2. The zero-order valence-electron chi connectivity index (χ0n) is 14.5. The van der Waals surface area contributed by atoms with Gasteiger partial charge in [0.1, 0.15) is 0 Å². The third kappa shape index (κ3) is 2.16. The van der Waals surface area contributed by atoms with Gasteiger partial charge in [0.2, 0.25) is 0 Å². The van der Waals surface area contributed by atoms with E-state index >= 15 is 0 Å². The van der Waals surface area contributed by atoms with Crippen molar-refractivity contribution in [3.05, 3.63) is 0 Å². The molecule has 4 rings (SSSR count). The van der Waals surface area contributed by atoms with E-state index in [0.29, 0.717) is 17.3 Å². The minimum Gasteiger partial charge on any atom is -0.393 e. The first-order chi connectivity index (χ1) is 11.0. The van der Waals surface area contributed by atoms with Crippen LogP contribution in [-0.2, 0) is 0 Å². The summed E-state index contributed by atoms with van der Waals surface area (Å²) in [6, 6.07) is 0. The van der Waals surface area contributed by atoms with Crippen LogP contribution in [0.25, 0.3) is 0 Å². The summed E-state index contributed by atoms with van der Waals surface area (Å²) in [5, 5.41) is 20.8. The van der Waals surface area contributed by atoms with Gasteiger partial charge in [-0.25, -0.2) is 0 Å². The smallest absolute Gasteiger partial charge is 0.0608 e. The minimum atomic E-state index is -0.178. The van der Waals surface area contributed by atoms with Gasteiger partial charge < -0.3 is 10.2 Å². The molecule has 2 nitrogen and oxygen atoms in total. The van der Waals surface area contributed by atoms with E-state index in [2.05, 4.69) is 12.8 Å². The molecule has 2 heteroatoms. The fraction of sp³-hybridized carbons (Fsp3) is 0.905. The number of fused-ring (bicyclic) bond motifs is 5. The van der Waals surface area contributed by atoms with Gasteiger partial charge in [-0.05, 0) is 86.9 Å². The molecule has 4 aliphatic rings. The first-order valence-electron chi connectivity index (χ1n) is 9.81. The predicted octanol–water partition coefficient (Wildman–Crippen LogP) is 3.75. The average molecular weight is 316 g/mol. The molecule has 0 spiro atoms. The second-order valence-corrected chi connectivity index (χ2v) is 9.33. The lowest BCUT2D eigenvalue weighted by Crippen LogP contribution is -2.55. The van der Waals surface area contributed by atoms with Crippen LogP contribution in [0.15, 0.2) is 0 Å². The molecule has 0 unspecified atom stereocenters. The van der Waals surface area contributed by atoms with Crippen molar-refractivity contribution >= 4 is 0 Å². The molecule has 0 radical (unpaired) electrons. The van der Waals surface area contributed by atoms with Crippen molar-refractivity contribution in [3.63, 3.8) is 0 Å². The number of aliphatic hydroxyl groups excluding tert-OH is 2. The molecule has 4 aliphatic carbocycles. The summed E-state index contributed by atoms with van der Waals surface area (Å²) in [4.78, 5) is 0. The van der Waals surface area contributed by atoms with Crippen molar-refractivity contribution in [3.8, 4) is 12.3 Å². The lowest BCUT2D eigenvalue weighted by atomic mass is 9.44. The largest absolute Gasteiger partial charge is 0.393 e. The number of hydrogen-bond donors (Lipinski definition) is 2. The lowest BCUT2D eigenvalue weighted by molar-refractivity contribution is -0.137. The first-order valence-corrected chi connectivity index (χ1v) is 9.81. The quantitative estimate of drug-likeness (QED) is 0.723. The Labute approximate surface area is 141 Å². The molecule has 0 aromatic heterocycles. The van der Waals surface area contributed by atoms with Crippen molar-refractivity contribution in [1.82, 2.24) is 0 Å². The van der Waals surface area contributed by atoms with Gasteiger partial charge in [0.25, 0.3) is 0 Å². The molecule has 0 bridgehead atoms. The van der Waals surface area contributed by atoms with Crippen LogP contribution in [0, 0.1) is 46.8 Å². The zero-order chi connectivity index (χ0) is 16.2. The maximum Gasteiger partial charge on any atom is 0.0608 e. The topological polar surface area (TPSA) is 40.5 Å². The van der Waals surface area contributed by atoms with Crippen LogP contribution in [0.5, 0.6) is 0 Å². The van der Waals surface area contributed by atoms with Gasteiger partial charge in [-0.3, -0.25) is 0 Å². The molecule has 4 fully saturated rings. The van der Waals surface area contributed by atoms with E-state index in [1.54, 1.807) is 0 Å². The fourth-order valence-corrected chi connectivity index (χ4v) is 7.55. The molecular weight excluding hydrogens is 284 g/mol. The standard InChI is InChI=1S/C21H32O2/c1-3-10-21-12-9-17-16(18(21)6-7-19(21)23)5-4-14-13-15(22)8-11-20(14,17)2/h1,14-19,22-23H,4-13H2,2H3/t14-,15+,16+,17-,18-,19-,20-,21-/m0/s1. The summed E-state index contributed by atoms with van der Waals surface area (Å²) in [6.07, 6.45) is 16.5. The van der Waals surface area contributed by atoms with Crippen LogP contribution in [-0.4, -0.2) is 22.4 Å². The third-order valence-corrected chi connectivity index (χ3v) is 8.74. The van der Waals surface area contributed by atoms with E-state index in [4.69, 9.17) is 6.42 Å². The van der Waals surface area contributed by atoms with E-state index in [1.807, 2.05) is 0 Å². The molecule has 0 aliphatic heterocycles. The molecule has 0 saturated heterocycles. The van der Waals surface area contributed by atoms with Gasteiger partial charge in [-0.15, -0.1) is 12.3 Å². The van der Waals surface area contributed by atoms with Crippen LogP contribution in [0.2, 0.25) is 0 Å². The number of aliphatic hydroxyl groups is 2. The fourth-order valence-electron chi connectivity index (χ4n) is 7.55. The van der Waals surface area contributed by atoms with Crippen LogP contribution in [0.4, 0.5) is 0 Å². The third-order valence-electron chi connectivity index (χ3n) is 8.74. The number of rotatable bonds is 1. The van der Waals surface area contributed by atoms with Crippen molar-refractivity contribution in [2.45, 2.75) is 83.3 Å². The van der Waals surface area contributed by atoms with Gasteiger partial charge in [0, 0.05) is 11.8 Å². The molecule has 8 atom stereocenters. The normalized spacial score (nSPS) is 55.4. The predicted molar refractivity (Wildman–Crippen MR) is 91.5 cm³/mol. The first kappa shape index (κ1) is 16.0. The number of terminal acetylenes is 1. The van der Waals surface area contributed by atoms with E-state index in [9.17, 15) is 10.2 Å². The van der Waals surface area contributed by atoms with E-state index in [0.717, 1.165) is 43.9 Å². The van der Waals surface area contributed by atoms with Crippen molar-refractivity contribution < 1.29 is 10.2 Å². The van der Waals surface area contributed by atoms with Gasteiger partial charge in [-0.2, -0.15) is 0 Å². The molecule has 128 valence electrons. The Morgan fingerprint density at radius 1 is 1.00 bits per heavy atom. The maximum absolute atomic E-state index is 10.7. The van der Waals surface area contributed by atoms with Crippen molar-refractivity contribution in [2.75, 3.05) is 0 Å². The van der Waals surface area contributed by atoms with Crippen LogP contribution >= 0.6 is 0 Å².